The van der Waals surface area contributed by atoms with Crippen molar-refractivity contribution in [2.24, 2.45) is 0 Å². The lowest BCUT2D eigenvalue weighted by atomic mass is 10.1. The van der Waals surface area contributed by atoms with Crippen LogP contribution in [0.5, 0.6) is 5.75 Å². The van der Waals surface area contributed by atoms with Gasteiger partial charge in [-0.2, -0.15) is 11.8 Å². The van der Waals surface area contributed by atoms with Gasteiger partial charge in [0.25, 0.3) is 5.91 Å². The highest BCUT2D eigenvalue weighted by Crippen LogP contribution is 2.24. The van der Waals surface area contributed by atoms with Crippen LogP contribution < -0.4 is 10.1 Å². The smallest absolute Gasteiger partial charge is 0.260 e. The Balaban J connectivity index is 1.72. The number of carbonyl (C=O) groups excluding carboxylic acids is 1. The third-order valence-corrected chi connectivity index (χ3v) is 5.64. The topological polar surface area (TPSA) is 38.3 Å². The Kier molecular flexibility index (Phi) is 8.14. The van der Waals surface area contributed by atoms with Gasteiger partial charge in [-0.25, -0.2) is 0 Å². The fraction of sp³-hybridized carbons (Fsp3) is 0.350. The lowest BCUT2D eigenvalue weighted by molar-refractivity contribution is -0.127. The highest BCUT2D eigenvalue weighted by atomic mass is 35.5. The molecule has 1 atom stereocenters. The number of rotatable bonds is 8. The summed E-state index contributed by atoms with van der Waals surface area (Å²) in [6.07, 6.45) is -0.536. The summed E-state index contributed by atoms with van der Waals surface area (Å²) in [5.74, 6) is 2.21. The Morgan fingerprint density at radius 2 is 2.00 bits per heavy atom. The molecule has 1 N–H and O–H groups in total. The largest absolute Gasteiger partial charge is 0.481 e. The monoisotopic (exact) mass is 411 g/mol. The Labute approximate surface area is 169 Å². The molecule has 0 aliphatic rings. The van der Waals surface area contributed by atoms with E-state index in [2.05, 4.69) is 5.32 Å². The van der Waals surface area contributed by atoms with Crippen LogP contribution in [-0.4, -0.2) is 24.3 Å². The molecule has 140 valence electrons. The summed E-state index contributed by atoms with van der Waals surface area (Å²) >= 11 is 13.7. The maximum atomic E-state index is 12.2. The minimum atomic E-state index is -0.536. The van der Waals surface area contributed by atoms with Gasteiger partial charge in [0.05, 0.1) is 0 Å². The van der Waals surface area contributed by atoms with Crippen LogP contribution in [0.15, 0.2) is 36.4 Å². The molecule has 0 saturated carbocycles. The van der Waals surface area contributed by atoms with Gasteiger partial charge >= 0.3 is 0 Å². The van der Waals surface area contributed by atoms with Crippen LogP contribution in [0.1, 0.15) is 23.6 Å². The van der Waals surface area contributed by atoms with Gasteiger partial charge in [0, 0.05) is 28.1 Å². The predicted octanol–water partition coefficient (Wildman–Crippen LogP) is 5.43. The van der Waals surface area contributed by atoms with E-state index >= 15 is 0 Å². The maximum absolute atomic E-state index is 12.2. The normalized spacial score (nSPS) is 11.9. The standard InChI is InChI=1S/C20H23Cl2NO2S/c1-13-5-4-6-19(14(13)2)25-15(3)20(24)23-9-10-26-12-16-7-8-17(21)11-18(16)22/h4-8,11,15H,9-10,12H2,1-3H3,(H,23,24). The lowest BCUT2D eigenvalue weighted by Gasteiger charge is -2.17. The number of nitrogens with one attached hydrogen (secondary N) is 1. The van der Waals surface area contributed by atoms with Gasteiger partial charge in [-0.3, -0.25) is 4.79 Å². The first kappa shape index (κ1) is 20.9. The molecule has 0 spiro atoms. The molecule has 6 heteroatoms. The van der Waals surface area contributed by atoms with E-state index in [9.17, 15) is 4.79 Å². The minimum absolute atomic E-state index is 0.115. The SMILES string of the molecule is Cc1cccc(OC(C)C(=O)NCCSCc2ccc(Cl)cc2Cl)c1C. The molecule has 0 aliphatic carbocycles. The van der Waals surface area contributed by atoms with Crippen molar-refractivity contribution in [3.8, 4) is 5.75 Å². The molecule has 0 aromatic heterocycles. The summed E-state index contributed by atoms with van der Waals surface area (Å²) < 4.78 is 5.79. The van der Waals surface area contributed by atoms with Gasteiger partial charge in [-0.05, 0) is 55.7 Å². The Morgan fingerprint density at radius 1 is 1.23 bits per heavy atom. The van der Waals surface area contributed by atoms with Gasteiger partial charge in [0.2, 0.25) is 0 Å². The maximum Gasteiger partial charge on any atom is 0.260 e. The molecule has 0 saturated heterocycles. The molecule has 0 aliphatic heterocycles. The summed E-state index contributed by atoms with van der Waals surface area (Å²) in [4.78, 5) is 12.2. The fourth-order valence-corrected chi connectivity index (χ4v) is 3.72. The molecule has 3 nitrogen and oxygen atoms in total. The van der Waals surface area contributed by atoms with E-state index in [0.29, 0.717) is 16.6 Å². The van der Waals surface area contributed by atoms with Crippen molar-refractivity contribution in [1.82, 2.24) is 5.32 Å². The quantitative estimate of drug-likeness (QED) is 0.588. The fourth-order valence-electron chi connectivity index (χ4n) is 2.31. The van der Waals surface area contributed by atoms with Crippen LogP contribution >= 0.6 is 35.0 Å². The Morgan fingerprint density at radius 3 is 2.73 bits per heavy atom. The Bertz CT molecular complexity index is 767. The van der Waals surface area contributed by atoms with Crippen LogP contribution in [0.4, 0.5) is 0 Å². The van der Waals surface area contributed by atoms with Crippen molar-refractivity contribution in [2.45, 2.75) is 32.6 Å². The average molecular weight is 412 g/mol. The first-order chi connectivity index (χ1) is 12.4. The summed E-state index contributed by atoms with van der Waals surface area (Å²) in [5, 5.41) is 4.21. The van der Waals surface area contributed by atoms with Crippen LogP contribution in [0.2, 0.25) is 10.0 Å². The average Bonchev–Trinajstić information content (AvgIpc) is 2.60. The van der Waals surface area contributed by atoms with E-state index in [1.54, 1.807) is 24.8 Å². The van der Waals surface area contributed by atoms with Crippen LogP contribution in [0.25, 0.3) is 0 Å². The number of halogens is 2. The molecule has 1 amide bonds. The van der Waals surface area contributed by atoms with Crippen LogP contribution in [0, 0.1) is 13.8 Å². The number of carbonyl (C=O) groups is 1. The van der Waals surface area contributed by atoms with E-state index in [4.69, 9.17) is 27.9 Å². The van der Waals surface area contributed by atoms with Gasteiger partial charge in [-0.1, -0.05) is 41.4 Å². The van der Waals surface area contributed by atoms with E-state index < -0.39 is 6.10 Å². The molecule has 0 fully saturated rings. The minimum Gasteiger partial charge on any atom is -0.481 e. The number of ether oxygens (including phenoxy) is 1. The molecule has 2 aromatic carbocycles. The van der Waals surface area contributed by atoms with Crippen molar-refractivity contribution >= 4 is 40.9 Å². The Hall–Kier alpha value is -1.36. The third-order valence-electron chi connectivity index (χ3n) is 4.05. The number of thioether (sulfide) groups is 1. The summed E-state index contributed by atoms with van der Waals surface area (Å²) in [6.45, 7) is 6.36. The van der Waals surface area contributed by atoms with Crippen molar-refractivity contribution in [2.75, 3.05) is 12.3 Å². The zero-order valence-corrected chi connectivity index (χ0v) is 17.5. The second kappa shape index (κ2) is 10.1. The van der Waals surface area contributed by atoms with Crippen molar-refractivity contribution in [1.29, 1.82) is 0 Å². The van der Waals surface area contributed by atoms with Crippen LogP contribution in [-0.2, 0) is 10.5 Å². The molecular weight excluding hydrogens is 389 g/mol. The van der Waals surface area contributed by atoms with Gasteiger partial charge in [0.1, 0.15) is 5.75 Å². The first-order valence-corrected chi connectivity index (χ1v) is 10.3. The lowest BCUT2D eigenvalue weighted by Crippen LogP contribution is -2.37. The van der Waals surface area contributed by atoms with Crippen molar-refractivity contribution in [3.05, 3.63) is 63.1 Å². The van der Waals surface area contributed by atoms with E-state index in [1.165, 1.54) is 0 Å². The van der Waals surface area contributed by atoms with Crippen LogP contribution in [0.3, 0.4) is 0 Å². The van der Waals surface area contributed by atoms with Crippen molar-refractivity contribution < 1.29 is 9.53 Å². The van der Waals surface area contributed by atoms with E-state index in [0.717, 1.165) is 33.9 Å². The number of amides is 1. The molecule has 26 heavy (non-hydrogen) atoms. The first-order valence-electron chi connectivity index (χ1n) is 8.40. The number of benzene rings is 2. The zero-order chi connectivity index (χ0) is 19.1. The highest BCUT2D eigenvalue weighted by Gasteiger charge is 2.15. The number of hydrogen-bond acceptors (Lipinski definition) is 3. The zero-order valence-electron chi connectivity index (χ0n) is 15.1. The summed E-state index contributed by atoms with van der Waals surface area (Å²) in [7, 11) is 0. The molecule has 0 radical (unpaired) electrons. The summed E-state index contributed by atoms with van der Waals surface area (Å²) in [6, 6.07) is 11.3. The van der Waals surface area contributed by atoms with E-state index in [1.807, 2.05) is 44.2 Å². The molecule has 2 aromatic rings. The predicted molar refractivity (Wildman–Crippen MR) is 112 cm³/mol. The third kappa shape index (κ3) is 6.11. The number of aryl methyl sites for hydroxylation is 1. The summed E-state index contributed by atoms with van der Waals surface area (Å²) in [5.41, 5.74) is 3.24. The molecule has 2 rings (SSSR count). The highest BCUT2D eigenvalue weighted by molar-refractivity contribution is 7.98. The number of hydrogen-bond donors (Lipinski definition) is 1. The molecular formula is C20H23Cl2NO2S. The van der Waals surface area contributed by atoms with Crippen molar-refractivity contribution in [3.63, 3.8) is 0 Å². The second-order valence-corrected chi connectivity index (χ2v) is 7.99. The second-order valence-electron chi connectivity index (χ2n) is 6.04. The van der Waals surface area contributed by atoms with E-state index in [-0.39, 0.29) is 5.91 Å². The van der Waals surface area contributed by atoms with Gasteiger partial charge in [-0.15, -0.1) is 0 Å². The molecule has 0 heterocycles. The van der Waals surface area contributed by atoms with Gasteiger partial charge in [0.15, 0.2) is 6.10 Å². The molecule has 0 bridgehead atoms. The van der Waals surface area contributed by atoms with Gasteiger partial charge < -0.3 is 10.1 Å². The molecule has 1 unspecified atom stereocenters.